The first-order valence-electron chi connectivity index (χ1n) is 7.74. The van der Waals surface area contributed by atoms with Gasteiger partial charge in [-0.3, -0.25) is 9.88 Å². The maximum absolute atomic E-state index is 14.6. The standard InChI is InChI=1S/C20H13BrFN3/c21-14-8-9-18-16(13-14)19(10-12-23-18)25(15-5-2-1-3-6-15)20-17(22)7-4-11-24-20/h1-13H. The number of aromatic nitrogens is 2. The molecule has 0 N–H and O–H groups in total. The number of benzene rings is 2. The fourth-order valence-corrected chi connectivity index (χ4v) is 3.15. The molecule has 0 saturated carbocycles. The van der Waals surface area contributed by atoms with Gasteiger partial charge in [0.05, 0.1) is 11.2 Å². The van der Waals surface area contributed by atoms with Crippen LogP contribution in [0.25, 0.3) is 10.9 Å². The molecule has 0 amide bonds. The molecule has 5 heteroatoms. The van der Waals surface area contributed by atoms with Gasteiger partial charge in [-0.05, 0) is 48.5 Å². The summed E-state index contributed by atoms with van der Waals surface area (Å²) in [5, 5.41) is 0.908. The maximum Gasteiger partial charge on any atom is 0.174 e. The molecule has 0 radical (unpaired) electrons. The lowest BCUT2D eigenvalue weighted by molar-refractivity contribution is 0.623. The molecule has 0 aliphatic rings. The molecular formula is C20H13BrFN3. The number of halogens is 2. The SMILES string of the molecule is Fc1cccnc1N(c1ccccc1)c1ccnc2ccc(Br)cc12. The Labute approximate surface area is 152 Å². The van der Waals surface area contributed by atoms with Crippen molar-refractivity contribution in [2.45, 2.75) is 0 Å². The number of anilines is 3. The van der Waals surface area contributed by atoms with E-state index in [0.717, 1.165) is 26.8 Å². The molecule has 2 aromatic heterocycles. The molecule has 4 rings (SSSR count). The van der Waals surface area contributed by atoms with E-state index in [9.17, 15) is 4.39 Å². The molecule has 0 fully saturated rings. The van der Waals surface area contributed by atoms with Gasteiger partial charge in [-0.15, -0.1) is 0 Å². The molecular weight excluding hydrogens is 381 g/mol. The van der Waals surface area contributed by atoms with E-state index in [2.05, 4.69) is 25.9 Å². The van der Waals surface area contributed by atoms with Crippen molar-refractivity contribution in [1.82, 2.24) is 9.97 Å². The van der Waals surface area contributed by atoms with Crippen LogP contribution in [0.3, 0.4) is 0 Å². The Morgan fingerprint density at radius 3 is 2.48 bits per heavy atom. The number of nitrogens with zero attached hydrogens (tertiary/aromatic N) is 3. The molecule has 0 aliphatic carbocycles. The third-order valence-electron chi connectivity index (χ3n) is 3.89. The highest BCUT2D eigenvalue weighted by Crippen LogP contribution is 2.38. The Bertz CT molecular complexity index is 1040. The highest BCUT2D eigenvalue weighted by atomic mass is 79.9. The summed E-state index contributed by atoms with van der Waals surface area (Å²) in [5.74, 6) is -0.132. The van der Waals surface area contributed by atoms with Crippen LogP contribution in [0, 0.1) is 5.82 Å². The fraction of sp³-hybridized carbons (Fsp3) is 0. The first-order valence-corrected chi connectivity index (χ1v) is 8.53. The topological polar surface area (TPSA) is 29.0 Å². The van der Waals surface area contributed by atoms with Crippen molar-refractivity contribution >= 4 is 44.0 Å². The third kappa shape index (κ3) is 2.98. The largest absolute Gasteiger partial charge is 0.292 e. The van der Waals surface area contributed by atoms with Crippen LogP contribution in [0.2, 0.25) is 0 Å². The van der Waals surface area contributed by atoms with Crippen molar-refractivity contribution in [2.75, 3.05) is 4.90 Å². The van der Waals surface area contributed by atoms with Crippen molar-refractivity contribution in [3.8, 4) is 0 Å². The number of hydrogen-bond donors (Lipinski definition) is 0. The average Bonchev–Trinajstić information content (AvgIpc) is 2.65. The number of pyridine rings is 2. The number of hydrogen-bond acceptors (Lipinski definition) is 3. The van der Waals surface area contributed by atoms with Gasteiger partial charge in [0.2, 0.25) is 0 Å². The van der Waals surface area contributed by atoms with Crippen LogP contribution in [0.4, 0.5) is 21.6 Å². The summed E-state index contributed by atoms with van der Waals surface area (Å²) in [7, 11) is 0. The van der Waals surface area contributed by atoms with E-state index in [-0.39, 0.29) is 11.6 Å². The molecule has 2 heterocycles. The zero-order valence-corrected chi connectivity index (χ0v) is 14.7. The summed E-state index contributed by atoms with van der Waals surface area (Å²) < 4.78 is 15.5. The summed E-state index contributed by atoms with van der Waals surface area (Å²) in [5.41, 5.74) is 2.47. The maximum atomic E-state index is 14.6. The van der Waals surface area contributed by atoms with Gasteiger partial charge in [-0.25, -0.2) is 9.37 Å². The number of rotatable bonds is 3. The van der Waals surface area contributed by atoms with Gasteiger partial charge < -0.3 is 0 Å². The highest BCUT2D eigenvalue weighted by molar-refractivity contribution is 9.10. The van der Waals surface area contributed by atoms with Crippen molar-refractivity contribution in [3.05, 3.63) is 89.4 Å². The minimum Gasteiger partial charge on any atom is -0.292 e. The Kier molecular flexibility index (Phi) is 4.15. The lowest BCUT2D eigenvalue weighted by Gasteiger charge is -2.25. The Morgan fingerprint density at radius 2 is 1.68 bits per heavy atom. The minimum atomic E-state index is -0.383. The predicted octanol–water partition coefficient (Wildman–Crippen LogP) is 6.00. The van der Waals surface area contributed by atoms with Gasteiger partial charge in [0.1, 0.15) is 0 Å². The van der Waals surface area contributed by atoms with Crippen LogP contribution >= 0.6 is 15.9 Å². The molecule has 0 saturated heterocycles. The minimum absolute atomic E-state index is 0.251. The lowest BCUT2D eigenvalue weighted by atomic mass is 10.1. The number of fused-ring (bicyclic) bond motifs is 1. The molecule has 0 atom stereocenters. The summed E-state index contributed by atoms with van der Waals surface area (Å²) in [6, 6.07) is 20.3. The zero-order valence-electron chi connectivity index (χ0n) is 13.1. The second-order valence-corrected chi connectivity index (χ2v) is 6.39. The molecule has 25 heavy (non-hydrogen) atoms. The highest BCUT2D eigenvalue weighted by Gasteiger charge is 2.19. The van der Waals surface area contributed by atoms with E-state index in [1.165, 1.54) is 6.07 Å². The number of para-hydroxylation sites is 1. The first kappa shape index (κ1) is 15.7. The van der Waals surface area contributed by atoms with E-state index in [4.69, 9.17) is 0 Å². The van der Waals surface area contributed by atoms with Crippen LogP contribution in [0.15, 0.2) is 83.6 Å². The first-order chi connectivity index (χ1) is 12.2. The molecule has 2 aromatic carbocycles. The molecule has 4 aromatic rings. The molecule has 3 nitrogen and oxygen atoms in total. The second kappa shape index (κ2) is 6.61. The molecule has 0 unspecified atom stereocenters. The lowest BCUT2D eigenvalue weighted by Crippen LogP contribution is -2.13. The van der Waals surface area contributed by atoms with Crippen molar-refractivity contribution in [1.29, 1.82) is 0 Å². The Balaban J connectivity index is 2.03. The summed E-state index contributed by atoms with van der Waals surface area (Å²) in [4.78, 5) is 10.5. The van der Waals surface area contributed by atoms with Crippen molar-refractivity contribution in [3.63, 3.8) is 0 Å². The van der Waals surface area contributed by atoms with Crippen molar-refractivity contribution < 1.29 is 4.39 Å². The van der Waals surface area contributed by atoms with Gasteiger partial charge in [0, 0.05) is 27.9 Å². The quantitative estimate of drug-likeness (QED) is 0.427. The fourth-order valence-electron chi connectivity index (χ4n) is 2.79. The average molecular weight is 394 g/mol. The summed E-state index contributed by atoms with van der Waals surface area (Å²) in [6.45, 7) is 0. The van der Waals surface area contributed by atoms with Gasteiger partial charge in [-0.2, -0.15) is 0 Å². The molecule has 122 valence electrons. The van der Waals surface area contributed by atoms with Gasteiger partial charge >= 0.3 is 0 Å². The second-order valence-electron chi connectivity index (χ2n) is 5.47. The monoisotopic (exact) mass is 393 g/mol. The Hall–Kier alpha value is -2.79. The smallest absolute Gasteiger partial charge is 0.174 e. The Morgan fingerprint density at radius 1 is 0.840 bits per heavy atom. The van der Waals surface area contributed by atoms with Crippen LogP contribution in [0.1, 0.15) is 0 Å². The van der Waals surface area contributed by atoms with Crippen LogP contribution in [0.5, 0.6) is 0 Å². The molecule has 0 spiro atoms. The van der Waals surface area contributed by atoms with Gasteiger partial charge in [0.25, 0.3) is 0 Å². The zero-order chi connectivity index (χ0) is 17.2. The van der Waals surface area contributed by atoms with Gasteiger partial charge in [-0.1, -0.05) is 34.1 Å². The van der Waals surface area contributed by atoms with Gasteiger partial charge in [0.15, 0.2) is 11.6 Å². The van der Waals surface area contributed by atoms with Crippen LogP contribution in [-0.4, -0.2) is 9.97 Å². The van der Waals surface area contributed by atoms with E-state index in [1.807, 2.05) is 59.5 Å². The van der Waals surface area contributed by atoms with E-state index >= 15 is 0 Å². The van der Waals surface area contributed by atoms with E-state index in [0.29, 0.717) is 0 Å². The predicted molar refractivity (Wildman–Crippen MR) is 102 cm³/mol. The molecule has 0 aliphatic heterocycles. The third-order valence-corrected chi connectivity index (χ3v) is 4.38. The summed E-state index contributed by atoms with van der Waals surface area (Å²) >= 11 is 3.51. The van der Waals surface area contributed by atoms with Crippen LogP contribution < -0.4 is 4.90 Å². The van der Waals surface area contributed by atoms with Crippen molar-refractivity contribution in [2.24, 2.45) is 0 Å². The van der Waals surface area contributed by atoms with E-state index in [1.54, 1.807) is 18.5 Å². The summed E-state index contributed by atoms with van der Waals surface area (Å²) in [6.07, 6.45) is 3.32. The normalized spacial score (nSPS) is 10.8. The molecule has 0 bridgehead atoms. The van der Waals surface area contributed by atoms with E-state index < -0.39 is 0 Å². The van der Waals surface area contributed by atoms with Crippen LogP contribution in [-0.2, 0) is 0 Å².